The molecule has 132 valence electrons. The van der Waals surface area contributed by atoms with E-state index >= 15 is 0 Å². The van der Waals surface area contributed by atoms with Crippen LogP contribution in [0.1, 0.15) is 51.0 Å². The van der Waals surface area contributed by atoms with E-state index in [9.17, 15) is 9.59 Å². The van der Waals surface area contributed by atoms with E-state index < -0.39 is 0 Å². The minimum atomic E-state index is -0.164. The Bertz CT molecular complexity index is 842. The average molecular weight is 357 g/mol. The first kappa shape index (κ1) is 16.6. The van der Waals surface area contributed by atoms with E-state index in [4.69, 9.17) is 4.98 Å². The van der Waals surface area contributed by atoms with Crippen molar-refractivity contribution in [3.8, 4) is 0 Å². The van der Waals surface area contributed by atoms with Crippen molar-refractivity contribution >= 4 is 28.6 Å². The molecule has 1 saturated carbocycles. The van der Waals surface area contributed by atoms with E-state index in [-0.39, 0.29) is 22.8 Å². The van der Waals surface area contributed by atoms with Gasteiger partial charge in [0.2, 0.25) is 5.91 Å². The number of fused-ring (bicyclic) bond motifs is 1. The summed E-state index contributed by atoms with van der Waals surface area (Å²) in [6.45, 7) is 0.747. The molecule has 25 heavy (non-hydrogen) atoms. The summed E-state index contributed by atoms with van der Waals surface area (Å²) in [5, 5.41) is 4.19. The van der Waals surface area contributed by atoms with E-state index in [1.807, 2.05) is 28.8 Å². The Morgan fingerprint density at radius 3 is 2.64 bits per heavy atom. The third-order valence-electron chi connectivity index (χ3n) is 5.20. The number of carbonyl (C=O) groups is 1. The van der Waals surface area contributed by atoms with Crippen molar-refractivity contribution in [2.75, 3.05) is 6.54 Å². The predicted molar refractivity (Wildman–Crippen MR) is 100 cm³/mol. The van der Waals surface area contributed by atoms with Crippen molar-refractivity contribution in [2.24, 2.45) is 0 Å². The van der Waals surface area contributed by atoms with Crippen molar-refractivity contribution in [2.45, 2.75) is 61.4 Å². The van der Waals surface area contributed by atoms with Crippen LogP contribution in [0, 0.1) is 0 Å². The summed E-state index contributed by atoms with van der Waals surface area (Å²) in [6, 6.07) is 7.73. The van der Waals surface area contributed by atoms with E-state index in [0.717, 1.165) is 57.0 Å². The number of aromatic nitrogens is 2. The molecule has 4 rings (SSSR count). The summed E-state index contributed by atoms with van der Waals surface area (Å²) in [4.78, 5) is 30.3. The maximum atomic E-state index is 13.1. The zero-order valence-electron chi connectivity index (χ0n) is 14.2. The molecule has 0 bridgehead atoms. The molecule has 1 aromatic heterocycles. The lowest BCUT2D eigenvalue weighted by molar-refractivity contribution is -0.120. The molecule has 1 N–H and O–H groups in total. The number of amides is 1. The molecule has 2 fully saturated rings. The number of nitrogens with zero attached hydrogens (tertiary/aromatic N) is 2. The van der Waals surface area contributed by atoms with Gasteiger partial charge in [-0.25, -0.2) is 4.98 Å². The second-order valence-electron chi connectivity index (χ2n) is 6.92. The monoisotopic (exact) mass is 357 g/mol. The van der Waals surface area contributed by atoms with Crippen LogP contribution in [0.15, 0.2) is 34.2 Å². The maximum Gasteiger partial charge on any atom is 0.262 e. The molecule has 5 nitrogen and oxygen atoms in total. The first-order valence-corrected chi connectivity index (χ1v) is 10.1. The molecular formula is C19H23N3O2S. The fraction of sp³-hybridized carbons (Fsp3) is 0.526. The third-order valence-corrected chi connectivity index (χ3v) is 6.43. The molecule has 1 atom stereocenters. The van der Waals surface area contributed by atoms with Gasteiger partial charge in [-0.05, 0) is 37.8 Å². The zero-order valence-corrected chi connectivity index (χ0v) is 15.1. The van der Waals surface area contributed by atoms with E-state index in [1.165, 1.54) is 11.8 Å². The summed E-state index contributed by atoms with van der Waals surface area (Å²) in [5.41, 5.74) is 0.757. The highest BCUT2D eigenvalue weighted by atomic mass is 32.2. The van der Waals surface area contributed by atoms with Crippen LogP contribution in [0.3, 0.4) is 0 Å². The first-order valence-electron chi connectivity index (χ1n) is 9.20. The van der Waals surface area contributed by atoms with Crippen molar-refractivity contribution < 1.29 is 4.79 Å². The molecule has 1 aromatic carbocycles. The van der Waals surface area contributed by atoms with Crippen molar-refractivity contribution in [3.63, 3.8) is 0 Å². The van der Waals surface area contributed by atoms with E-state index in [0.29, 0.717) is 10.5 Å². The lowest BCUT2D eigenvalue weighted by atomic mass is 10.2. The predicted octanol–water partition coefficient (Wildman–Crippen LogP) is 3.27. The van der Waals surface area contributed by atoms with Gasteiger partial charge in [0.15, 0.2) is 5.16 Å². The number of nitrogens with one attached hydrogen (secondary N) is 1. The number of carbonyl (C=O) groups excluding carboxylic acids is 1. The van der Waals surface area contributed by atoms with Crippen molar-refractivity contribution in [1.29, 1.82) is 0 Å². The molecule has 2 aliphatic rings. The van der Waals surface area contributed by atoms with Gasteiger partial charge in [-0.15, -0.1) is 0 Å². The standard InChI is InChI=1S/C19H23N3O2S/c23-17-16(11-5-6-12-20-17)25-19-21-15-10-4-3-9-14(15)18(24)22(19)13-7-1-2-8-13/h3-4,9-10,13,16H,1-2,5-8,11-12H2,(H,20,23). The summed E-state index contributed by atoms with van der Waals surface area (Å²) >= 11 is 1.47. The smallest absolute Gasteiger partial charge is 0.262 e. The highest BCUT2D eigenvalue weighted by molar-refractivity contribution is 8.00. The van der Waals surface area contributed by atoms with Gasteiger partial charge in [0.05, 0.1) is 16.2 Å². The van der Waals surface area contributed by atoms with E-state index in [2.05, 4.69) is 5.32 Å². The highest BCUT2D eigenvalue weighted by Crippen LogP contribution is 2.34. The average Bonchev–Trinajstić information content (AvgIpc) is 3.07. The summed E-state index contributed by atoms with van der Waals surface area (Å²) < 4.78 is 1.87. The van der Waals surface area contributed by atoms with Crippen LogP contribution in [0.25, 0.3) is 10.9 Å². The molecule has 1 unspecified atom stereocenters. The largest absolute Gasteiger partial charge is 0.355 e. The molecule has 2 heterocycles. The Morgan fingerprint density at radius 2 is 1.80 bits per heavy atom. The van der Waals surface area contributed by atoms with Gasteiger partial charge in [0.25, 0.3) is 5.56 Å². The molecule has 6 heteroatoms. The van der Waals surface area contributed by atoms with Crippen LogP contribution in [-0.2, 0) is 4.79 Å². The van der Waals surface area contributed by atoms with Crippen LogP contribution >= 0.6 is 11.8 Å². The Kier molecular flexibility index (Phi) is 4.79. The number of rotatable bonds is 3. The second-order valence-corrected chi connectivity index (χ2v) is 8.09. The number of hydrogen-bond acceptors (Lipinski definition) is 4. The second kappa shape index (κ2) is 7.20. The molecule has 1 aliphatic heterocycles. The lowest BCUT2D eigenvalue weighted by Gasteiger charge is -2.21. The van der Waals surface area contributed by atoms with Gasteiger partial charge < -0.3 is 5.32 Å². The molecule has 0 spiro atoms. The normalized spacial score (nSPS) is 22.1. The zero-order chi connectivity index (χ0) is 17.2. The minimum Gasteiger partial charge on any atom is -0.355 e. The number of benzene rings is 1. The summed E-state index contributed by atoms with van der Waals surface area (Å²) in [6.07, 6.45) is 7.22. The Hall–Kier alpha value is -1.82. The molecule has 1 aliphatic carbocycles. The Labute approximate surface area is 151 Å². The van der Waals surface area contributed by atoms with Gasteiger partial charge in [-0.2, -0.15) is 0 Å². The molecule has 0 radical (unpaired) electrons. The molecule has 2 aromatic rings. The van der Waals surface area contributed by atoms with Crippen LogP contribution in [0.4, 0.5) is 0 Å². The van der Waals surface area contributed by atoms with Crippen LogP contribution in [-0.4, -0.2) is 27.3 Å². The van der Waals surface area contributed by atoms with Gasteiger partial charge in [0, 0.05) is 12.6 Å². The highest BCUT2D eigenvalue weighted by Gasteiger charge is 2.28. The van der Waals surface area contributed by atoms with Crippen molar-refractivity contribution in [1.82, 2.24) is 14.9 Å². The number of para-hydroxylation sites is 1. The molecule has 1 amide bonds. The quantitative estimate of drug-likeness (QED) is 0.857. The fourth-order valence-corrected chi connectivity index (χ4v) is 5.07. The maximum absolute atomic E-state index is 13.1. The fourth-order valence-electron chi connectivity index (χ4n) is 3.84. The Morgan fingerprint density at radius 1 is 1.04 bits per heavy atom. The third kappa shape index (κ3) is 3.32. The minimum absolute atomic E-state index is 0.0361. The van der Waals surface area contributed by atoms with Crippen LogP contribution in [0.2, 0.25) is 0 Å². The SMILES string of the molecule is O=C1NCCCCC1Sc1nc2ccccc2c(=O)n1C1CCCC1. The summed E-state index contributed by atoms with van der Waals surface area (Å²) in [7, 11) is 0. The van der Waals surface area contributed by atoms with E-state index in [1.54, 1.807) is 0 Å². The van der Waals surface area contributed by atoms with Gasteiger partial charge in [-0.1, -0.05) is 43.2 Å². The van der Waals surface area contributed by atoms with Crippen molar-refractivity contribution in [3.05, 3.63) is 34.6 Å². The lowest BCUT2D eigenvalue weighted by Crippen LogP contribution is -2.32. The number of hydrogen-bond donors (Lipinski definition) is 1. The van der Waals surface area contributed by atoms with Crippen LogP contribution in [0.5, 0.6) is 0 Å². The molecular weight excluding hydrogens is 334 g/mol. The topological polar surface area (TPSA) is 64.0 Å². The number of thioether (sulfide) groups is 1. The van der Waals surface area contributed by atoms with Crippen LogP contribution < -0.4 is 10.9 Å². The summed E-state index contributed by atoms with van der Waals surface area (Å²) in [5.74, 6) is 0.0721. The van der Waals surface area contributed by atoms with Gasteiger partial charge in [0.1, 0.15) is 0 Å². The van der Waals surface area contributed by atoms with Gasteiger partial charge >= 0.3 is 0 Å². The van der Waals surface area contributed by atoms with Gasteiger partial charge in [-0.3, -0.25) is 14.2 Å². The first-order chi connectivity index (χ1) is 12.2. The molecule has 1 saturated heterocycles. The Balaban J connectivity index is 1.79.